The third kappa shape index (κ3) is 4.92. The van der Waals surface area contributed by atoms with E-state index in [4.69, 9.17) is 9.47 Å². The minimum absolute atomic E-state index is 0.114. The van der Waals surface area contributed by atoms with Gasteiger partial charge in [-0.1, -0.05) is 23.9 Å². The summed E-state index contributed by atoms with van der Waals surface area (Å²) < 4.78 is 12.8. The van der Waals surface area contributed by atoms with Crippen molar-refractivity contribution in [1.82, 2.24) is 9.55 Å². The largest absolute Gasteiger partial charge is 0.493 e. The maximum Gasteiger partial charge on any atom is 0.234 e. The Bertz CT molecular complexity index is 1000. The van der Waals surface area contributed by atoms with Crippen LogP contribution in [0.25, 0.3) is 5.69 Å². The number of benzene rings is 2. The molecular formula is C22H25N3O3S. The SMILES string of the molecule is CCOc1ccc(NC(=O)CSc2nccn2-c2cccc(C)c2C)cc1OC. The van der Waals surface area contributed by atoms with Gasteiger partial charge in [-0.15, -0.1) is 0 Å². The third-order valence-corrected chi connectivity index (χ3v) is 5.49. The molecule has 152 valence electrons. The van der Waals surface area contributed by atoms with E-state index in [-0.39, 0.29) is 11.7 Å². The highest BCUT2D eigenvalue weighted by molar-refractivity contribution is 7.99. The summed E-state index contributed by atoms with van der Waals surface area (Å²) in [6, 6.07) is 11.5. The quantitative estimate of drug-likeness (QED) is 0.548. The van der Waals surface area contributed by atoms with Crippen molar-refractivity contribution < 1.29 is 14.3 Å². The van der Waals surface area contributed by atoms with Crippen LogP contribution in [-0.4, -0.2) is 34.9 Å². The van der Waals surface area contributed by atoms with Crippen LogP contribution < -0.4 is 14.8 Å². The number of anilines is 1. The van der Waals surface area contributed by atoms with Gasteiger partial charge in [0, 0.05) is 24.1 Å². The second-order valence-corrected chi connectivity index (χ2v) is 7.38. The van der Waals surface area contributed by atoms with Crippen LogP contribution in [0.3, 0.4) is 0 Å². The molecule has 1 N–H and O–H groups in total. The fraction of sp³-hybridized carbons (Fsp3) is 0.273. The Morgan fingerprint density at radius 1 is 1.21 bits per heavy atom. The van der Waals surface area contributed by atoms with Gasteiger partial charge in [0.05, 0.1) is 25.2 Å². The van der Waals surface area contributed by atoms with Gasteiger partial charge in [0.25, 0.3) is 0 Å². The van der Waals surface area contributed by atoms with Crippen LogP contribution in [-0.2, 0) is 4.79 Å². The highest BCUT2D eigenvalue weighted by Gasteiger charge is 2.12. The van der Waals surface area contributed by atoms with Crippen molar-refractivity contribution in [3.63, 3.8) is 0 Å². The number of aromatic nitrogens is 2. The molecule has 0 radical (unpaired) electrons. The smallest absolute Gasteiger partial charge is 0.234 e. The first-order valence-corrected chi connectivity index (χ1v) is 10.4. The number of rotatable bonds is 8. The summed E-state index contributed by atoms with van der Waals surface area (Å²) in [6.07, 6.45) is 3.67. The van der Waals surface area contributed by atoms with E-state index < -0.39 is 0 Å². The van der Waals surface area contributed by atoms with E-state index >= 15 is 0 Å². The van der Waals surface area contributed by atoms with Crippen molar-refractivity contribution in [2.24, 2.45) is 0 Å². The first-order valence-electron chi connectivity index (χ1n) is 9.37. The molecule has 0 bridgehead atoms. The van der Waals surface area contributed by atoms with Gasteiger partial charge in [0.2, 0.25) is 5.91 Å². The van der Waals surface area contributed by atoms with Crippen LogP contribution in [0, 0.1) is 13.8 Å². The Morgan fingerprint density at radius 3 is 2.79 bits per heavy atom. The molecule has 0 aliphatic carbocycles. The Balaban J connectivity index is 1.67. The lowest BCUT2D eigenvalue weighted by Crippen LogP contribution is -2.14. The van der Waals surface area contributed by atoms with Crippen LogP contribution in [0.5, 0.6) is 11.5 Å². The number of amides is 1. The monoisotopic (exact) mass is 411 g/mol. The molecule has 0 saturated heterocycles. The van der Waals surface area contributed by atoms with Crippen LogP contribution in [0.1, 0.15) is 18.1 Å². The molecule has 0 spiro atoms. The highest BCUT2D eigenvalue weighted by Crippen LogP contribution is 2.30. The number of nitrogens with one attached hydrogen (secondary N) is 1. The molecule has 3 rings (SSSR count). The fourth-order valence-corrected chi connectivity index (χ4v) is 3.69. The molecule has 0 aliphatic rings. The predicted octanol–water partition coefficient (Wildman–Crippen LogP) is 4.63. The van der Waals surface area contributed by atoms with Crippen LogP contribution in [0.4, 0.5) is 5.69 Å². The number of carbonyl (C=O) groups excluding carboxylic acids is 1. The van der Waals surface area contributed by atoms with Gasteiger partial charge < -0.3 is 14.8 Å². The summed E-state index contributed by atoms with van der Waals surface area (Å²) in [5.41, 5.74) is 4.14. The molecule has 0 saturated carbocycles. The maximum absolute atomic E-state index is 12.4. The average Bonchev–Trinajstić information content (AvgIpc) is 3.18. The number of methoxy groups -OCH3 is 1. The first-order chi connectivity index (χ1) is 14.0. The Hall–Kier alpha value is -2.93. The Kier molecular flexibility index (Phi) is 6.82. The van der Waals surface area contributed by atoms with Crippen LogP contribution >= 0.6 is 11.8 Å². The van der Waals surface area contributed by atoms with E-state index in [0.29, 0.717) is 23.8 Å². The number of thioether (sulfide) groups is 1. The summed E-state index contributed by atoms with van der Waals surface area (Å²) in [5.74, 6) is 1.37. The summed E-state index contributed by atoms with van der Waals surface area (Å²) >= 11 is 1.40. The molecule has 1 heterocycles. The van der Waals surface area contributed by atoms with E-state index in [1.807, 2.05) is 23.8 Å². The lowest BCUT2D eigenvalue weighted by Gasteiger charge is -2.13. The van der Waals surface area contributed by atoms with E-state index in [1.165, 1.54) is 22.9 Å². The molecule has 0 unspecified atom stereocenters. The minimum Gasteiger partial charge on any atom is -0.493 e. The number of hydrogen-bond donors (Lipinski definition) is 1. The van der Waals surface area contributed by atoms with Crippen LogP contribution in [0.15, 0.2) is 53.9 Å². The molecule has 1 aromatic heterocycles. The lowest BCUT2D eigenvalue weighted by molar-refractivity contribution is -0.113. The highest BCUT2D eigenvalue weighted by atomic mass is 32.2. The number of imidazole rings is 1. The molecule has 2 aromatic carbocycles. The number of ether oxygens (including phenoxy) is 2. The molecule has 1 amide bonds. The number of aryl methyl sites for hydroxylation is 1. The van der Waals surface area contributed by atoms with Crippen molar-refractivity contribution in [2.45, 2.75) is 25.9 Å². The number of carbonyl (C=O) groups is 1. The Morgan fingerprint density at radius 2 is 2.03 bits per heavy atom. The first kappa shape index (κ1) is 20.8. The molecule has 7 heteroatoms. The molecule has 3 aromatic rings. The normalized spacial score (nSPS) is 10.6. The van der Waals surface area contributed by atoms with E-state index in [9.17, 15) is 4.79 Å². The summed E-state index contributed by atoms with van der Waals surface area (Å²) in [5, 5.41) is 3.67. The third-order valence-electron chi connectivity index (χ3n) is 4.52. The van der Waals surface area contributed by atoms with Gasteiger partial charge in [-0.3, -0.25) is 9.36 Å². The molecule has 6 nitrogen and oxygen atoms in total. The van der Waals surface area contributed by atoms with Crippen molar-refractivity contribution in [3.05, 3.63) is 59.9 Å². The van der Waals surface area contributed by atoms with E-state index in [2.05, 4.69) is 36.3 Å². The molecular weight excluding hydrogens is 386 g/mol. The van der Waals surface area contributed by atoms with Crippen molar-refractivity contribution in [3.8, 4) is 17.2 Å². The summed E-state index contributed by atoms with van der Waals surface area (Å²) in [6.45, 7) is 6.63. The summed E-state index contributed by atoms with van der Waals surface area (Å²) in [4.78, 5) is 16.9. The maximum atomic E-state index is 12.4. The van der Waals surface area contributed by atoms with Crippen molar-refractivity contribution in [1.29, 1.82) is 0 Å². The lowest BCUT2D eigenvalue weighted by atomic mass is 10.1. The fourth-order valence-electron chi connectivity index (χ4n) is 2.92. The van der Waals surface area contributed by atoms with Gasteiger partial charge in [-0.2, -0.15) is 0 Å². The second kappa shape index (κ2) is 9.52. The van der Waals surface area contributed by atoms with Gasteiger partial charge in [0.15, 0.2) is 16.7 Å². The average molecular weight is 412 g/mol. The van der Waals surface area contributed by atoms with Gasteiger partial charge in [-0.05, 0) is 50.1 Å². The second-order valence-electron chi connectivity index (χ2n) is 6.43. The van der Waals surface area contributed by atoms with E-state index in [1.54, 1.807) is 31.5 Å². The topological polar surface area (TPSA) is 65.4 Å². The summed E-state index contributed by atoms with van der Waals surface area (Å²) in [7, 11) is 1.58. The molecule has 29 heavy (non-hydrogen) atoms. The number of nitrogens with zero attached hydrogens (tertiary/aromatic N) is 2. The molecule has 0 fully saturated rings. The van der Waals surface area contributed by atoms with Crippen molar-refractivity contribution >= 4 is 23.4 Å². The Labute approximate surface area is 175 Å². The van der Waals surface area contributed by atoms with Gasteiger partial charge >= 0.3 is 0 Å². The van der Waals surface area contributed by atoms with E-state index in [0.717, 1.165) is 10.8 Å². The van der Waals surface area contributed by atoms with Crippen LogP contribution in [0.2, 0.25) is 0 Å². The van der Waals surface area contributed by atoms with Gasteiger partial charge in [0.1, 0.15) is 0 Å². The zero-order chi connectivity index (χ0) is 20.8. The van der Waals surface area contributed by atoms with Gasteiger partial charge in [-0.25, -0.2) is 4.98 Å². The standard InChI is InChI=1S/C22H25N3O3S/c1-5-28-19-10-9-17(13-20(19)27-4)24-21(26)14-29-22-23-11-12-25(22)18-8-6-7-15(2)16(18)3/h6-13H,5,14H2,1-4H3,(H,24,26). The number of hydrogen-bond acceptors (Lipinski definition) is 5. The minimum atomic E-state index is -0.114. The zero-order valence-corrected chi connectivity index (χ0v) is 17.9. The van der Waals surface area contributed by atoms with Crippen molar-refractivity contribution in [2.75, 3.05) is 24.8 Å². The predicted molar refractivity (Wildman–Crippen MR) is 117 cm³/mol. The zero-order valence-electron chi connectivity index (χ0n) is 17.1. The molecule has 0 atom stereocenters. The molecule has 0 aliphatic heterocycles.